The Morgan fingerprint density at radius 2 is 1.40 bits per heavy atom. The normalized spacial score (nSPS) is 14.5. The molecule has 2 aromatic rings. The largest absolute Gasteiger partial charge is 0.490 e. The van der Waals surface area contributed by atoms with Crippen molar-refractivity contribution in [2.75, 3.05) is 13.2 Å². The van der Waals surface area contributed by atoms with E-state index in [1.807, 2.05) is 22.9 Å². The van der Waals surface area contributed by atoms with Crippen molar-refractivity contribution in [3.8, 4) is 17.0 Å². The average molecular weight is 721 g/mol. The SMILES string of the molecule is Cn1c(-c2ccc(OCC(O)C(=O)OC(C)(C)C)cc2)cn(CC(CNC(=O)OC(C)(C)C)O[Si](C)(C)C(C)(C)C)/c1=N\C(=O)OC(C)(C)C. The van der Waals surface area contributed by atoms with Crippen molar-refractivity contribution < 1.29 is 42.9 Å². The van der Waals surface area contributed by atoms with Gasteiger partial charge in [0, 0.05) is 19.8 Å². The Labute approximate surface area is 298 Å². The number of esters is 1. The van der Waals surface area contributed by atoms with Gasteiger partial charge >= 0.3 is 18.2 Å². The number of aliphatic hydroxyl groups excluding tert-OH is 1. The highest BCUT2D eigenvalue weighted by Gasteiger charge is 2.39. The number of carbonyl (C=O) groups is 3. The molecule has 2 atom stereocenters. The second-order valence-corrected chi connectivity index (χ2v) is 21.6. The van der Waals surface area contributed by atoms with Crippen LogP contribution in [-0.2, 0) is 37.0 Å². The summed E-state index contributed by atoms with van der Waals surface area (Å²) in [6.07, 6.45) is -1.38. The maximum Gasteiger partial charge on any atom is 0.437 e. The maximum atomic E-state index is 13.0. The molecule has 14 heteroatoms. The minimum Gasteiger partial charge on any atom is -0.490 e. The van der Waals surface area contributed by atoms with E-state index in [0.717, 1.165) is 11.3 Å². The predicted molar refractivity (Wildman–Crippen MR) is 194 cm³/mol. The first-order valence-corrected chi connectivity index (χ1v) is 19.8. The lowest BCUT2D eigenvalue weighted by Crippen LogP contribution is -2.49. The molecule has 0 saturated carbocycles. The number of hydrogen-bond donors (Lipinski definition) is 2. The standard InChI is InChI=1S/C36H60N4O9Si/c1-33(2,3)46-29(42)28(41)23-45-25-18-16-24(17-19-25)27-22-40(30(39(27)13)38-32(44)48-35(7,8)9)21-26(49-50(14,15)36(10,11)12)20-37-31(43)47-34(4,5)6/h16-19,22,26,28,41H,20-21,23H2,1-15H3,(H,37,43)/b38-30-. The summed E-state index contributed by atoms with van der Waals surface area (Å²) < 4.78 is 32.3. The van der Waals surface area contributed by atoms with Crippen molar-refractivity contribution in [3.63, 3.8) is 0 Å². The lowest BCUT2D eigenvalue weighted by Gasteiger charge is -2.39. The smallest absolute Gasteiger partial charge is 0.437 e. The van der Waals surface area contributed by atoms with Crippen molar-refractivity contribution in [3.05, 3.63) is 36.1 Å². The van der Waals surface area contributed by atoms with E-state index >= 15 is 0 Å². The fourth-order valence-corrected chi connectivity index (χ4v) is 5.65. The van der Waals surface area contributed by atoms with Crippen LogP contribution in [0.4, 0.5) is 9.59 Å². The van der Waals surface area contributed by atoms with Crippen LogP contribution in [0.3, 0.4) is 0 Å². The fraction of sp³-hybridized carbons (Fsp3) is 0.667. The molecule has 2 unspecified atom stereocenters. The van der Waals surface area contributed by atoms with E-state index in [2.05, 4.69) is 44.2 Å². The molecule has 1 heterocycles. The lowest BCUT2D eigenvalue weighted by atomic mass is 10.1. The fourth-order valence-electron chi connectivity index (χ4n) is 4.30. The molecule has 13 nitrogen and oxygen atoms in total. The number of benzene rings is 1. The molecule has 0 saturated heterocycles. The molecule has 0 aliphatic carbocycles. The van der Waals surface area contributed by atoms with Gasteiger partial charge in [-0.1, -0.05) is 20.8 Å². The first-order chi connectivity index (χ1) is 22.6. The predicted octanol–water partition coefficient (Wildman–Crippen LogP) is 6.33. The molecular weight excluding hydrogens is 661 g/mol. The van der Waals surface area contributed by atoms with Gasteiger partial charge in [-0.2, -0.15) is 0 Å². The molecular formula is C36H60N4O9Si. The summed E-state index contributed by atoms with van der Waals surface area (Å²) >= 11 is 0. The van der Waals surface area contributed by atoms with Crippen LogP contribution in [0.2, 0.25) is 18.1 Å². The van der Waals surface area contributed by atoms with E-state index < -0.39 is 55.5 Å². The van der Waals surface area contributed by atoms with E-state index in [-0.39, 0.29) is 24.7 Å². The topological polar surface area (TPSA) is 152 Å². The maximum absolute atomic E-state index is 13.0. The first kappa shape index (κ1) is 42.5. The Bertz CT molecular complexity index is 1530. The molecule has 0 aliphatic rings. The van der Waals surface area contributed by atoms with Crippen LogP contribution >= 0.6 is 0 Å². The van der Waals surface area contributed by atoms with E-state index in [4.69, 9.17) is 23.4 Å². The van der Waals surface area contributed by atoms with Crippen molar-refractivity contribution in [1.82, 2.24) is 14.5 Å². The highest BCUT2D eigenvalue weighted by molar-refractivity contribution is 6.74. The van der Waals surface area contributed by atoms with Crippen molar-refractivity contribution in [2.45, 2.75) is 137 Å². The first-order valence-electron chi connectivity index (χ1n) is 16.9. The molecule has 2 N–H and O–H groups in total. The molecule has 2 amide bonds. The van der Waals surface area contributed by atoms with Crippen molar-refractivity contribution in [1.29, 1.82) is 0 Å². The number of amides is 2. The number of aromatic nitrogens is 2. The summed E-state index contributed by atoms with van der Waals surface area (Å²) in [4.78, 5) is 42.1. The van der Waals surface area contributed by atoms with E-state index in [9.17, 15) is 19.5 Å². The second kappa shape index (κ2) is 16.2. The quantitative estimate of drug-likeness (QED) is 0.154. The molecule has 2 rings (SSSR count). The molecule has 0 fully saturated rings. The van der Waals surface area contributed by atoms with Gasteiger partial charge < -0.3 is 42.9 Å². The number of ether oxygens (including phenoxy) is 4. The molecule has 0 bridgehead atoms. The Hall–Kier alpha value is -3.62. The molecule has 1 aromatic carbocycles. The third kappa shape index (κ3) is 13.9. The van der Waals surface area contributed by atoms with E-state index in [1.165, 1.54) is 0 Å². The van der Waals surface area contributed by atoms with Gasteiger partial charge in [0.15, 0.2) is 14.4 Å². The lowest BCUT2D eigenvalue weighted by molar-refractivity contribution is -0.166. The highest BCUT2D eigenvalue weighted by Crippen LogP contribution is 2.37. The monoisotopic (exact) mass is 720 g/mol. The van der Waals surface area contributed by atoms with Gasteiger partial charge in [-0.25, -0.2) is 14.4 Å². The van der Waals surface area contributed by atoms with Gasteiger partial charge in [0.1, 0.15) is 29.2 Å². The van der Waals surface area contributed by atoms with Gasteiger partial charge in [0.25, 0.3) is 0 Å². The number of hydrogen-bond acceptors (Lipinski definition) is 9. The number of carbonyl (C=O) groups excluding carboxylic acids is 3. The Morgan fingerprint density at radius 1 is 0.860 bits per heavy atom. The third-order valence-electron chi connectivity index (χ3n) is 7.56. The van der Waals surface area contributed by atoms with Crippen LogP contribution in [0.25, 0.3) is 11.3 Å². The number of aliphatic hydroxyl groups is 1. The van der Waals surface area contributed by atoms with Crippen LogP contribution < -0.4 is 15.7 Å². The number of nitrogens with zero attached hydrogens (tertiary/aromatic N) is 3. The zero-order chi connectivity index (χ0) is 38.5. The highest BCUT2D eigenvalue weighted by atomic mass is 28.4. The summed E-state index contributed by atoms with van der Waals surface area (Å²) in [6, 6.07) is 7.07. The summed E-state index contributed by atoms with van der Waals surface area (Å²) in [5, 5.41) is 12.9. The Kier molecular flexibility index (Phi) is 13.7. The molecule has 1 aromatic heterocycles. The number of rotatable bonds is 11. The summed E-state index contributed by atoms with van der Waals surface area (Å²) in [7, 11) is -0.538. The van der Waals surface area contributed by atoms with E-state index in [0.29, 0.717) is 11.4 Å². The molecule has 282 valence electrons. The number of nitrogens with one attached hydrogen (secondary N) is 1. The zero-order valence-corrected chi connectivity index (χ0v) is 33.7. The number of imidazole rings is 1. The summed E-state index contributed by atoms with van der Waals surface area (Å²) in [6.45, 7) is 26.7. The van der Waals surface area contributed by atoms with Crippen molar-refractivity contribution >= 4 is 26.5 Å². The minimum atomic E-state index is -2.33. The zero-order valence-electron chi connectivity index (χ0n) is 32.7. The Balaban J connectivity index is 2.50. The third-order valence-corrected chi connectivity index (χ3v) is 12.1. The molecule has 50 heavy (non-hydrogen) atoms. The van der Waals surface area contributed by atoms with Crippen LogP contribution in [0.15, 0.2) is 35.5 Å². The van der Waals surface area contributed by atoms with Gasteiger partial charge in [0.05, 0.1) is 18.3 Å². The molecule has 0 aliphatic heterocycles. The minimum absolute atomic E-state index is 0.111. The van der Waals surface area contributed by atoms with Crippen LogP contribution in [0, 0.1) is 0 Å². The van der Waals surface area contributed by atoms with Gasteiger partial charge in [0.2, 0.25) is 5.62 Å². The van der Waals surface area contributed by atoms with Gasteiger partial charge in [-0.05, 0) is 110 Å². The number of alkyl carbamates (subject to hydrolysis) is 1. The van der Waals surface area contributed by atoms with Crippen LogP contribution in [0.5, 0.6) is 5.75 Å². The molecule has 0 radical (unpaired) electrons. The van der Waals surface area contributed by atoms with Gasteiger partial charge in [-0.3, -0.25) is 0 Å². The molecule has 0 spiro atoms. The van der Waals surface area contributed by atoms with Crippen molar-refractivity contribution in [2.24, 2.45) is 12.0 Å². The summed E-state index contributed by atoms with van der Waals surface area (Å²) in [5.41, 5.74) is -0.333. The van der Waals surface area contributed by atoms with Crippen LogP contribution in [0.1, 0.15) is 83.1 Å². The average Bonchev–Trinajstić information content (AvgIpc) is 3.21. The Morgan fingerprint density at radius 3 is 1.90 bits per heavy atom. The summed E-state index contributed by atoms with van der Waals surface area (Å²) in [5.74, 6) is -0.325. The van der Waals surface area contributed by atoms with E-state index in [1.54, 1.807) is 86.1 Å². The van der Waals surface area contributed by atoms with Gasteiger partial charge in [-0.15, -0.1) is 4.99 Å². The van der Waals surface area contributed by atoms with Crippen LogP contribution in [-0.4, -0.2) is 82.9 Å². The second-order valence-electron chi connectivity index (χ2n) is 16.9.